The number of carbonyl (C=O) groups excluding carboxylic acids is 1. The molecule has 0 spiro atoms. The van der Waals surface area contributed by atoms with Crippen LogP contribution >= 0.6 is 11.8 Å². The van der Waals surface area contributed by atoms with Gasteiger partial charge in [0.25, 0.3) is 0 Å². The van der Waals surface area contributed by atoms with Crippen LogP contribution in [-0.4, -0.2) is 41.3 Å². The first-order valence-electron chi connectivity index (χ1n) is 7.77. The highest BCUT2D eigenvalue weighted by molar-refractivity contribution is 7.98. The number of ether oxygens (including phenoxy) is 1. The van der Waals surface area contributed by atoms with E-state index in [4.69, 9.17) is 4.74 Å². The predicted molar refractivity (Wildman–Crippen MR) is 95.3 cm³/mol. The summed E-state index contributed by atoms with van der Waals surface area (Å²) >= 11 is 1.54. The minimum Gasteiger partial charge on any atom is -0.410 e. The number of anilines is 2. The van der Waals surface area contributed by atoms with Gasteiger partial charge in [0.1, 0.15) is 11.6 Å². The van der Waals surface area contributed by atoms with Crippen molar-refractivity contribution < 1.29 is 9.53 Å². The van der Waals surface area contributed by atoms with Crippen molar-refractivity contribution in [3.05, 3.63) is 35.5 Å². The molecule has 7 heteroatoms. The highest BCUT2D eigenvalue weighted by atomic mass is 32.2. The number of benzene rings is 1. The molecule has 1 amide bonds. The van der Waals surface area contributed by atoms with E-state index < -0.39 is 6.09 Å². The van der Waals surface area contributed by atoms with E-state index in [-0.39, 0.29) is 0 Å². The Morgan fingerprint density at radius 1 is 1.29 bits per heavy atom. The van der Waals surface area contributed by atoms with Crippen molar-refractivity contribution in [1.29, 1.82) is 0 Å². The summed E-state index contributed by atoms with van der Waals surface area (Å²) in [5, 5.41) is 4.12. The number of nitrogens with one attached hydrogen (secondary N) is 1. The SMILES string of the molecule is CSc1nc2c(c(Nc3cccc(OC(=O)N(C)C)c3)n1)CCC2. The van der Waals surface area contributed by atoms with Crippen LogP contribution in [0.3, 0.4) is 0 Å². The van der Waals surface area contributed by atoms with E-state index in [0.717, 1.165) is 41.6 Å². The molecule has 6 nitrogen and oxygen atoms in total. The van der Waals surface area contributed by atoms with Gasteiger partial charge in [0.2, 0.25) is 0 Å². The highest BCUT2D eigenvalue weighted by Crippen LogP contribution is 2.31. The summed E-state index contributed by atoms with van der Waals surface area (Å²) in [5.41, 5.74) is 3.15. The van der Waals surface area contributed by atoms with Crippen LogP contribution in [0.1, 0.15) is 17.7 Å². The van der Waals surface area contributed by atoms with Gasteiger partial charge in [0, 0.05) is 31.4 Å². The van der Waals surface area contributed by atoms with Gasteiger partial charge in [-0.1, -0.05) is 17.8 Å². The number of aryl methyl sites for hydroxylation is 1. The molecule has 126 valence electrons. The number of rotatable bonds is 4. The Kier molecular flexibility index (Phi) is 4.89. The summed E-state index contributed by atoms with van der Waals surface area (Å²) in [6, 6.07) is 7.32. The number of amides is 1. The van der Waals surface area contributed by atoms with Crippen molar-refractivity contribution in [1.82, 2.24) is 14.9 Å². The summed E-state index contributed by atoms with van der Waals surface area (Å²) in [7, 11) is 3.30. The second-order valence-electron chi connectivity index (χ2n) is 5.75. The zero-order valence-electron chi connectivity index (χ0n) is 14.0. The van der Waals surface area contributed by atoms with E-state index in [1.165, 1.54) is 22.2 Å². The summed E-state index contributed by atoms with van der Waals surface area (Å²) in [6.07, 6.45) is 4.67. The molecule has 1 aromatic heterocycles. The third kappa shape index (κ3) is 3.62. The average Bonchev–Trinajstić information content (AvgIpc) is 3.03. The highest BCUT2D eigenvalue weighted by Gasteiger charge is 2.19. The lowest BCUT2D eigenvalue weighted by atomic mass is 10.2. The zero-order valence-corrected chi connectivity index (χ0v) is 14.8. The fourth-order valence-electron chi connectivity index (χ4n) is 2.57. The van der Waals surface area contributed by atoms with E-state index >= 15 is 0 Å². The molecular formula is C17H20N4O2S. The van der Waals surface area contributed by atoms with E-state index in [1.807, 2.05) is 18.4 Å². The number of carbonyl (C=O) groups is 1. The maximum absolute atomic E-state index is 11.7. The first-order chi connectivity index (χ1) is 11.6. The van der Waals surface area contributed by atoms with E-state index in [1.54, 1.807) is 26.2 Å². The number of hydrogen-bond acceptors (Lipinski definition) is 6. The van der Waals surface area contributed by atoms with Crippen LogP contribution in [0.5, 0.6) is 5.75 Å². The van der Waals surface area contributed by atoms with Crippen molar-refractivity contribution in [3.8, 4) is 5.75 Å². The number of aromatic nitrogens is 2. The van der Waals surface area contributed by atoms with Crippen LogP contribution in [0.15, 0.2) is 29.4 Å². The molecule has 0 saturated heterocycles. The molecule has 3 rings (SSSR count). The first kappa shape index (κ1) is 16.6. The minimum absolute atomic E-state index is 0.403. The molecule has 1 aliphatic rings. The minimum atomic E-state index is -0.403. The topological polar surface area (TPSA) is 67.4 Å². The fraction of sp³-hybridized carbons (Fsp3) is 0.353. The molecule has 0 atom stereocenters. The summed E-state index contributed by atoms with van der Waals surface area (Å²) in [4.78, 5) is 22.3. The van der Waals surface area contributed by atoms with Gasteiger partial charge < -0.3 is 15.0 Å². The Morgan fingerprint density at radius 2 is 2.12 bits per heavy atom. The Bertz CT molecular complexity index is 764. The fourth-order valence-corrected chi connectivity index (χ4v) is 2.95. The Balaban J connectivity index is 1.84. The molecule has 24 heavy (non-hydrogen) atoms. The summed E-state index contributed by atoms with van der Waals surface area (Å²) in [6.45, 7) is 0. The molecule has 0 radical (unpaired) electrons. The van der Waals surface area contributed by atoms with Crippen molar-refractivity contribution >= 4 is 29.4 Å². The van der Waals surface area contributed by atoms with E-state index in [2.05, 4.69) is 15.3 Å². The second kappa shape index (κ2) is 7.09. The Hall–Kier alpha value is -2.28. The molecule has 1 aliphatic carbocycles. The molecule has 1 N–H and O–H groups in total. The summed E-state index contributed by atoms with van der Waals surface area (Å²) in [5.74, 6) is 1.34. The quantitative estimate of drug-likeness (QED) is 0.676. The molecule has 2 aromatic rings. The molecule has 1 heterocycles. The normalized spacial score (nSPS) is 12.6. The van der Waals surface area contributed by atoms with Crippen LogP contribution in [0.4, 0.5) is 16.3 Å². The van der Waals surface area contributed by atoms with Crippen molar-refractivity contribution in [2.24, 2.45) is 0 Å². The molecule has 0 fully saturated rings. The monoisotopic (exact) mass is 344 g/mol. The smallest absolute Gasteiger partial charge is 0.410 e. The summed E-state index contributed by atoms with van der Waals surface area (Å²) < 4.78 is 5.30. The van der Waals surface area contributed by atoms with Gasteiger partial charge in [-0.05, 0) is 37.7 Å². The van der Waals surface area contributed by atoms with Gasteiger partial charge in [-0.25, -0.2) is 14.8 Å². The van der Waals surface area contributed by atoms with Gasteiger partial charge in [-0.15, -0.1) is 0 Å². The average molecular weight is 344 g/mol. The Morgan fingerprint density at radius 3 is 2.88 bits per heavy atom. The van der Waals surface area contributed by atoms with Crippen molar-refractivity contribution in [2.75, 3.05) is 25.7 Å². The number of fused-ring (bicyclic) bond motifs is 1. The number of hydrogen-bond donors (Lipinski definition) is 1. The van der Waals surface area contributed by atoms with Crippen LogP contribution in [0.25, 0.3) is 0 Å². The molecule has 0 aliphatic heterocycles. The van der Waals surface area contributed by atoms with Gasteiger partial charge in [-0.2, -0.15) is 0 Å². The third-order valence-corrected chi connectivity index (χ3v) is 4.31. The van der Waals surface area contributed by atoms with Crippen molar-refractivity contribution in [3.63, 3.8) is 0 Å². The van der Waals surface area contributed by atoms with Gasteiger partial charge in [-0.3, -0.25) is 0 Å². The first-order valence-corrected chi connectivity index (χ1v) is 8.99. The molecule has 0 saturated carbocycles. The molecule has 1 aromatic carbocycles. The maximum atomic E-state index is 11.7. The van der Waals surface area contributed by atoms with Crippen molar-refractivity contribution in [2.45, 2.75) is 24.4 Å². The molecule has 0 unspecified atom stereocenters. The van der Waals surface area contributed by atoms with Crippen LogP contribution in [-0.2, 0) is 12.8 Å². The lowest BCUT2D eigenvalue weighted by molar-refractivity contribution is 0.172. The van der Waals surface area contributed by atoms with Gasteiger partial charge in [0.05, 0.1) is 5.69 Å². The van der Waals surface area contributed by atoms with Crippen LogP contribution in [0, 0.1) is 0 Å². The van der Waals surface area contributed by atoms with Crippen LogP contribution in [0.2, 0.25) is 0 Å². The Labute approximate surface area is 145 Å². The lowest BCUT2D eigenvalue weighted by Crippen LogP contribution is -2.25. The lowest BCUT2D eigenvalue weighted by Gasteiger charge is -2.13. The van der Waals surface area contributed by atoms with E-state index in [9.17, 15) is 4.79 Å². The second-order valence-corrected chi connectivity index (χ2v) is 6.53. The van der Waals surface area contributed by atoms with Gasteiger partial charge in [0.15, 0.2) is 5.16 Å². The predicted octanol–water partition coefficient (Wildman–Crippen LogP) is 3.49. The molecule has 0 bridgehead atoms. The van der Waals surface area contributed by atoms with Gasteiger partial charge >= 0.3 is 6.09 Å². The zero-order chi connectivity index (χ0) is 17.1. The largest absolute Gasteiger partial charge is 0.414 e. The standard InChI is InChI=1S/C17H20N4O2S/c1-21(2)17(22)23-12-7-4-6-11(10-12)18-15-13-8-5-9-14(13)19-16(20-15)24-3/h4,6-7,10H,5,8-9H2,1-3H3,(H,18,19,20). The number of thioether (sulfide) groups is 1. The maximum Gasteiger partial charge on any atom is 0.414 e. The third-order valence-electron chi connectivity index (χ3n) is 3.76. The molecular weight excluding hydrogens is 324 g/mol. The number of nitrogens with zero attached hydrogens (tertiary/aromatic N) is 3. The van der Waals surface area contributed by atoms with Crippen LogP contribution < -0.4 is 10.1 Å². The van der Waals surface area contributed by atoms with E-state index in [0.29, 0.717) is 5.75 Å².